The molecule has 1 saturated heterocycles. The number of thioether (sulfide) groups is 1. The first-order chi connectivity index (χ1) is 14.1. The molecule has 154 valence electrons. The van der Waals surface area contributed by atoms with Crippen molar-refractivity contribution < 1.29 is 14.3 Å². The standard InChI is InChI=1S/C23H28N2O3S/c1-3-15-29-21-16-18(22(26)25-13-5-4-6-14-25)9-12-20(21)24-19-10-7-17(8-11-19)23(27)28-2/h7-12,16,24H,3-6,13-15H2,1-2H3. The van der Waals surface area contributed by atoms with Crippen LogP contribution in [0.1, 0.15) is 53.3 Å². The van der Waals surface area contributed by atoms with Crippen LogP contribution < -0.4 is 5.32 Å². The van der Waals surface area contributed by atoms with E-state index in [0.29, 0.717) is 5.56 Å². The normalized spacial score (nSPS) is 13.8. The van der Waals surface area contributed by atoms with Crippen molar-refractivity contribution in [2.45, 2.75) is 37.5 Å². The minimum absolute atomic E-state index is 0.122. The Hall–Kier alpha value is -2.47. The number of nitrogens with zero attached hydrogens (tertiary/aromatic N) is 1. The summed E-state index contributed by atoms with van der Waals surface area (Å²) in [6.45, 7) is 3.85. The molecule has 0 aliphatic carbocycles. The third-order valence-corrected chi connectivity index (χ3v) is 6.18. The van der Waals surface area contributed by atoms with E-state index >= 15 is 0 Å². The molecule has 0 bridgehead atoms. The van der Waals surface area contributed by atoms with Crippen LogP contribution in [0.15, 0.2) is 47.4 Å². The maximum absolute atomic E-state index is 12.9. The van der Waals surface area contributed by atoms with E-state index < -0.39 is 0 Å². The highest BCUT2D eigenvalue weighted by Crippen LogP contribution is 2.32. The summed E-state index contributed by atoms with van der Waals surface area (Å²) in [6.07, 6.45) is 4.44. The molecule has 2 aromatic rings. The molecule has 1 aliphatic rings. The van der Waals surface area contributed by atoms with Gasteiger partial charge in [-0.25, -0.2) is 4.79 Å². The van der Waals surface area contributed by atoms with E-state index in [-0.39, 0.29) is 11.9 Å². The first-order valence-electron chi connectivity index (χ1n) is 10.1. The molecule has 0 unspecified atom stereocenters. The second-order valence-electron chi connectivity index (χ2n) is 7.11. The highest BCUT2D eigenvalue weighted by Gasteiger charge is 2.19. The largest absolute Gasteiger partial charge is 0.465 e. The lowest BCUT2D eigenvalue weighted by Gasteiger charge is -2.27. The molecule has 29 heavy (non-hydrogen) atoms. The van der Waals surface area contributed by atoms with Crippen LogP contribution in [0.3, 0.4) is 0 Å². The number of benzene rings is 2. The van der Waals surface area contributed by atoms with Gasteiger partial charge in [0.2, 0.25) is 0 Å². The second-order valence-corrected chi connectivity index (χ2v) is 8.24. The monoisotopic (exact) mass is 412 g/mol. The smallest absolute Gasteiger partial charge is 0.337 e. The zero-order valence-electron chi connectivity index (χ0n) is 17.1. The highest BCUT2D eigenvalue weighted by atomic mass is 32.2. The first kappa shape index (κ1) is 21.2. The highest BCUT2D eigenvalue weighted by molar-refractivity contribution is 7.99. The predicted molar refractivity (Wildman–Crippen MR) is 118 cm³/mol. The molecular weight excluding hydrogens is 384 g/mol. The van der Waals surface area contributed by atoms with Crippen molar-refractivity contribution in [3.63, 3.8) is 0 Å². The minimum Gasteiger partial charge on any atom is -0.465 e. The van der Waals surface area contributed by atoms with E-state index in [1.165, 1.54) is 13.5 Å². The van der Waals surface area contributed by atoms with Gasteiger partial charge in [0.1, 0.15) is 0 Å². The van der Waals surface area contributed by atoms with Crippen LogP contribution >= 0.6 is 11.8 Å². The third-order valence-electron chi connectivity index (χ3n) is 4.92. The van der Waals surface area contributed by atoms with E-state index in [1.54, 1.807) is 23.9 Å². The van der Waals surface area contributed by atoms with Gasteiger partial charge in [-0.3, -0.25) is 4.79 Å². The topological polar surface area (TPSA) is 58.6 Å². The van der Waals surface area contributed by atoms with E-state index in [0.717, 1.165) is 59.9 Å². The molecule has 0 aromatic heterocycles. The van der Waals surface area contributed by atoms with Gasteiger partial charge in [-0.2, -0.15) is 0 Å². The van der Waals surface area contributed by atoms with Crippen molar-refractivity contribution in [3.8, 4) is 0 Å². The Morgan fingerprint density at radius 2 is 1.72 bits per heavy atom. The number of ether oxygens (including phenoxy) is 1. The second kappa shape index (κ2) is 10.3. The Morgan fingerprint density at radius 3 is 2.38 bits per heavy atom. The molecular formula is C23H28N2O3S. The summed E-state index contributed by atoms with van der Waals surface area (Å²) in [4.78, 5) is 27.5. The molecule has 1 fully saturated rings. The van der Waals surface area contributed by atoms with Gasteiger partial charge in [0, 0.05) is 29.2 Å². The van der Waals surface area contributed by atoms with Crippen molar-refractivity contribution in [2.24, 2.45) is 0 Å². The Bertz CT molecular complexity index is 846. The van der Waals surface area contributed by atoms with Crippen LogP contribution in [0.2, 0.25) is 0 Å². The van der Waals surface area contributed by atoms with Gasteiger partial charge < -0.3 is 15.0 Å². The lowest BCUT2D eigenvalue weighted by Crippen LogP contribution is -2.35. The van der Waals surface area contributed by atoms with Crippen LogP contribution in [0.5, 0.6) is 0 Å². The summed E-state index contributed by atoms with van der Waals surface area (Å²) < 4.78 is 4.74. The molecule has 1 heterocycles. The zero-order valence-corrected chi connectivity index (χ0v) is 17.9. The molecule has 5 nitrogen and oxygen atoms in total. The maximum Gasteiger partial charge on any atom is 0.337 e. The molecule has 1 aliphatic heterocycles. The number of rotatable bonds is 7. The fraction of sp³-hybridized carbons (Fsp3) is 0.391. The Morgan fingerprint density at radius 1 is 1.03 bits per heavy atom. The van der Waals surface area contributed by atoms with Gasteiger partial charge in [-0.15, -0.1) is 11.8 Å². The predicted octanol–water partition coefficient (Wildman–Crippen LogP) is 5.35. The van der Waals surface area contributed by atoms with Gasteiger partial charge >= 0.3 is 5.97 Å². The number of carbonyl (C=O) groups excluding carboxylic acids is 2. The zero-order chi connectivity index (χ0) is 20.6. The van der Waals surface area contributed by atoms with Gasteiger partial charge in [0.25, 0.3) is 5.91 Å². The quantitative estimate of drug-likeness (QED) is 0.491. The van der Waals surface area contributed by atoms with E-state index in [1.807, 2.05) is 35.2 Å². The van der Waals surface area contributed by atoms with Crippen LogP contribution in [-0.4, -0.2) is 42.7 Å². The summed E-state index contributed by atoms with van der Waals surface area (Å²) in [5.41, 5.74) is 3.11. The number of esters is 1. The van der Waals surface area contributed by atoms with Crippen molar-refractivity contribution in [3.05, 3.63) is 53.6 Å². The third kappa shape index (κ3) is 5.54. The fourth-order valence-corrected chi connectivity index (χ4v) is 4.24. The van der Waals surface area contributed by atoms with Gasteiger partial charge in [0.15, 0.2) is 0 Å². The lowest BCUT2D eigenvalue weighted by atomic mass is 10.1. The van der Waals surface area contributed by atoms with Crippen molar-refractivity contribution in [1.29, 1.82) is 0 Å². The fourth-order valence-electron chi connectivity index (χ4n) is 3.33. The number of likely N-dealkylation sites (tertiary alicyclic amines) is 1. The average molecular weight is 413 g/mol. The molecule has 2 aromatic carbocycles. The molecule has 1 N–H and O–H groups in total. The minimum atomic E-state index is -0.351. The van der Waals surface area contributed by atoms with Crippen molar-refractivity contribution >= 4 is 35.0 Å². The number of hydrogen-bond acceptors (Lipinski definition) is 5. The summed E-state index contributed by atoms with van der Waals surface area (Å²) in [7, 11) is 1.37. The summed E-state index contributed by atoms with van der Waals surface area (Å²) in [5, 5.41) is 3.41. The molecule has 1 amide bonds. The van der Waals surface area contributed by atoms with E-state index in [9.17, 15) is 9.59 Å². The number of anilines is 2. The number of hydrogen-bond donors (Lipinski definition) is 1. The Balaban J connectivity index is 1.80. The first-order valence-corrected chi connectivity index (χ1v) is 11.1. The van der Waals surface area contributed by atoms with Crippen LogP contribution in [0.4, 0.5) is 11.4 Å². The molecule has 0 saturated carbocycles. The Labute approximate surface area is 176 Å². The summed E-state index contributed by atoms with van der Waals surface area (Å²) in [6, 6.07) is 13.1. The lowest BCUT2D eigenvalue weighted by molar-refractivity contribution is 0.0600. The van der Waals surface area contributed by atoms with Gasteiger partial charge in [-0.05, 0) is 73.9 Å². The van der Waals surface area contributed by atoms with Crippen molar-refractivity contribution in [1.82, 2.24) is 4.90 Å². The number of nitrogens with one attached hydrogen (secondary N) is 1. The molecule has 6 heteroatoms. The molecule has 3 rings (SSSR count). The van der Waals surface area contributed by atoms with E-state index in [4.69, 9.17) is 4.74 Å². The van der Waals surface area contributed by atoms with E-state index in [2.05, 4.69) is 12.2 Å². The van der Waals surface area contributed by atoms with Gasteiger partial charge in [0.05, 0.1) is 18.4 Å². The van der Waals surface area contributed by atoms with Gasteiger partial charge in [-0.1, -0.05) is 6.92 Å². The number of amides is 1. The summed E-state index contributed by atoms with van der Waals surface area (Å²) in [5.74, 6) is 0.755. The van der Waals surface area contributed by atoms with Crippen LogP contribution in [0.25, 0.3) is 0 Å². The average Bonchev–Trinajstić information content (AvgIpc) is 2.78. The van der Waals surface area contributed by atoms with Crippen LogP contribution in [-0.2, 0) is 4.74 Å². The van der Waals surface area contributed by atoms with Crippen molar-refractivity contribution in [2.75, 3.05) is 31.3 Å². The Kier molecular flexibility index (Phi) is 7.58. The molecule has 0 radical (unpaired) electrons. The number of methoxy groups -OCH3 is 1. The number of piperidine rings is 1. The molecule has 0 atom stereocenters. The maximum atomic E-state index is 12.9. The molecule has 0 spiro atoms. The number of carbonyl (C=O) groups is 2. The van der Waals surface area contributed by atoms with Crippen LogP contribution in [0, 0.1) is 0 Å². The summed E-state index contributed by atoms with van der Waals surface area (Å²) >= 11 is 1.75. The SMILES string of the molecule is CCCSc1cc(C(=O)N2CCCCC2)ccc1Nc1ccc(C(=O)OC)cc1.